The molecule has 0 N–H and O–H groups in total. The maximum absolute atomic E-state index is 2.77. The smallest absolute Gasteiger partial charge is 0.0209 e. The Balaban J connectivity index is 1.31. The first kappa shape index (κ1) is 19.3. The van der Waals surface area contributed by atoms with Gasteiger partial charge in [-0.2, -0.15) is 0 Å². The standard InChI is InChI=1S/C19H37IN4/c1-17(2)23-9-5-19(6-10-23)15-21-7-3-18(4-8-21)16-22-11-13-24(20)14-12-22/h17-19H,3-16H2,1-2H3. The molecule has 3 heterocycles. The average Bonchev–Trinajstić information content (AvgIpc) is 2.59. The SMILES string of the molecule is CC(C)N1CCC(CN2CCC(CN3CCN(I)CC3)CC2)CC1. The van der Waals surface area contributed by atoms with E-state index in [1.807, 2.05) is 0 Å². The van der Waals surface area contributed by atoms with E-state index in [1.165, 1.54) is 91.1 Å². The lowest BCUT2D eigenvalue weighted by Crippen LogP contribution is -2.47. The zero-order valence-electron chi connectivity index (χ0n) is 15.8. The van der Waals surface area contributed by atoms with Crippen molar-refractivity contribution in [2.24, 2.45) is 11.8 Å². The van der Waals surface area contributed by atoms with Gasteiger partial charge in [0.1, 0.15) is 0 Å². The Morgan fingerprint density at radius 2 is 1.17 bits per heavy atom. The van der Waals surface area contributed by atoms with Crippen molar-refractivity contribution < 1.29 is 0 Å². The number of likely N-dealkylation sites (tertiary alicyclic amines) is 2. The first-order valence-corrected chi connectivity index (χ1v) is 11.2. The van der Waals surface area contributed by atoms with E-state index in [-0.39, 0.29) is 0 Å². The molecule has 3 aliphatic heterocycles. The van der Waals surface area contributed by atoms with Crippen molar-refractivity contribution >= 4 is 22.9 Å². The van der Waals surface area contributed by atoms with Gasteiger partial charge in [0.25, 0.3) is 0 Å². The molecule has 0 saturated carbocycles. The molecule has 0 bridgehead atoms. The number of nitrogens with zero attached hydrogens (tertiary/aromatic N) is 4. The zero-order valence-corrected chi connectivity index (χ0v) is 18.0. The lowest BCUT2D eigenvalue weighted by Gasteiger charge is -2.40. The third-order valence-corrected chi connectivity index (χ3v) is 7.40. The summed E-state index contributed by atoms with van der Waals surface area (Å²) in [6.07, 6.45) is 5.68. The Morgan fingerprint density at radius 3 is 1.67 bits per heavy atom. The van der Waals surface area contributed by atoms with Gasteiger partial charge in [0, 0.05) is 68.2 Å². The van der Waals surface area contributed by atoms with Gasteiger partial charge in [-0.05, 0) is 77.5 Å². The van der Waals surface area contributed by atoms with Gasteiger partial charge in [-0.25, -0.2) is 3.11 Å². The van der Waals surface area contributed by atoms with Gasteiger partial charge in [-0.3, -0.25) is 0 Å². The first-order chi connectivity index (χ1) is 11.6. The highest BCUT2D eigenvalue weighted by Gasteiger charge is 2.26. The van der Waals surface area contributed by atoms with E-state index in [0.29, 0.717) is 0 Å². The third-order valence-electron chi connectivity index (χ3n) is 6.44. The Bertz CT molecular complexity index is 354. The molecule has 0 spiro atoms. The predicted octanol–water partition coefficient (Wildman–Crippen LogP) is 2.79. The molecule has 3 fully saturated rings. The van der Waals surface area contributed by atoms with Crippen LogP contribution in [0.1, 0.15) is 39.5 Å². The van der Waals surface area contributed by atoms with Crippen LogP contribution in [0.4, 0.5) is 0 Å². The summed E-state index contributed by atoms with van der Waals surface area (Å²) in [6, 6.07) is 0.732. The van der Waals surface area contributed by atoms with Crippen LogP contribution >= 0.6 is 22.9 Å². The number of piperazine rings is 1. The summed E-state index contributed by atoms with van der Waals surface area (Å²) < 4.78 is 2.43. The molecule has 0 aliphatic carbocycles. The molecular weight excluding hydrogens is 411 g/mol. The van der Waals surface area contributed by atoms with Crippen LogP contribution in [-0.4, -0.2) is 89.3 Å². The summed E-state index contributed by atoms with van der Waals surface area (Å²) in [5, 5.41) is 0. The van der Waals surface area contributed by atoms with Crippen LogP contribution in [0.2, 0.25) is 0 Å². The Labute approximate surface area is 163 Å². The Morgan fingerprint density at radius 1 is 0.708 bits per heavy atom. The van der Waals surface area contributed by atoms with E-state index in [0.717, 1.165) is 17.9 Å². The van der Waals surface area contributed by atoms with E-state index in [1.54, 1.807) is 0 Å². The number of rotatable bonds is 5. The van der Waals surface area contributed by atoms with Crippen molar-refractivity contribution in [2.45, 2.75) is 45.6 Å². The van der Waals surface area contributed by atoms with Crippen LogP contribution in [-0.2, 0) is 0 Å². The van der Waals surface area contributed by atoms with Crippen molar-refractivity contribution in [3.8, 4) is 0 Å². The monoisotopic (exact) mass is 448 g/mol. The maximum Gasteiger partial charge on any atom is 0.0209 e. The van der Waals surface area contributed by atoms with Crippen LogP contribution in [0, 0.1) is 11.8 Å². The molecular formula is C19H37IN4. The minimum absolute atomic E-state index is 0.732. The molecule has 0 aromatic heterocycles. The van der Waals surface area contributed by atoms with Gasteiger partial charge in [-0.15, -0.1) is 0 Å². The van der Waals surface area contributed by atoms with Crippen LogP contribution in [0.15, 0.2) is 0 Å². The second-order valence-corrected chi connectivity index (χ2v) is 9.89. The molecule has 0 unspecified atom stereocenters. The molecule has 3 aliphatic rings. The molecule has 24 heavy (non-hydrogen) atoms. The fourth-order valence-electron chi connectivity index (χ4n) is 4.64. The molecule has 0 aromatic carbocycles. The fraction of sp³-hybridized carbons (Fsp3) is 1.00. The summed E-state index contributed by atoms with van der Waals surface area (Å²) in [7, 11) is 0. The van der Waals surface area contributed by atoms with Crippen LogP contribution in [0.3, 0.4) is 0 Å². The number of hydrogen-bond acceptors (Lipinski definition) is 4. The third kappa shape index (κ3) is 5.79. The van der Waals surface area contributed by atoms with Crippen LogP contribution < -0.4 is 0 Å². The molecule has 0 aromatic rings. The largest absolute Gasteiger partial charge is 0.303 e. The molecule has 5 heteroatoms. The van der Waals surface area contributed by atoms with Crippen molar-refractivity contribution in [3.05, 3.63) is 0 Å². The molecule has 3 saturated heterocycles. The molecule has 0 atom stereocenters. The molecule has 3 rings (SSSR count). The van der Waals surface area contributed by atoms with E-state index in [2.05, 4.69) is 54.5 Å². The van der Waals surface area contributed by atoms with Gasteiger partial charge in [0.05, 0.1) is 0 Å². The molecule has 4 nitrogen and oxygen atoms in total. The second kappa shape index (κ2) is 9.49. The first-order valence-electron chi connectivity index (χ1n) is 10.2. The van der Waals surface area contributed by atoms with Gasteiger partial charge in [-0.1, -0.05) is 0 Å². The van der Waals surface area contributed by atoms with Gasteiger partial charge in [0.2, 0.25) is 0 Å². The molecule has 0 amide bonds. The topological polar surface area (TPSA) is 13.0 Å². The highest BCUT2D eigenvalue weighted by atomic mass is 127. The van der Waals surface area contributed by atoms with Gasteiger partial charge >= 0.3 is 0 Å². The predicted molar refractivity (Wildman–Crippen MR) is 111 cm³/mol. The minimum atomic E-state index is 0.732. The number of piperidine rings is 2. The minimum Gasteiger partial charge on any atom is -0.303 e. The highest BCUT2D eigenvalue weighted by molar-refractivity contribution is 14.1. The van der Waals surface area contributed by atoms with Gasteiger partial charge in [0.15, 0.2) is 0 Å². The summed E-state index contributed by atoms with van der Waals surface area (Å²) in [5.74, 6) is 1.90. The van der Waals surface area contributed by atoms with E-state index >= 15 is 0 Å². The maximum atomic E-state index is 2.77. The summed E-state index contributed by atoms with van der Waals surface area (Å²) in [5.41, 5.74) is 0. The molecule has 0 radical (unpaired) electrons. The number of halogens is 1. The van der Waals surface area contributed by atoms with Crippen molar-refractivity contribution in [1.82, 2.24) is 17.8 Å². The van der Waals surface area contributed by atoms with Crippen molar-refractivity contribution in [3.63, 3.8) is 0 Å². The lowest BCUT2D eigenvalue weighted by atomic mass is 9.92. The zero-order chi connectivity index (χ0) is 16.9. The van der Waals surface area contributed by atoms with Crippen LogP contribution in [0.25, 0.3) is 0 Å². The summed E-state index contributed by atoms with van der Waals surface area (Å²) in [4.78, 5) is 8.13. The van der Waals surface area contributed by atoms with Gasteiger partial charge < -0.3 is 14.7 Å². The average molecular weight is 448 g/mol. The summed E-state index contributed by atoms with van der Waals surface area (Å²) in [6.45, 7) is 17.8. The Kier molecular flexibility index (Phi) is 7.65. The Hall–Kier alpha value is 0.570. The quantitative estimate of drug-likeness (QED) is 0.474. The normalized spacial score (nSPS) is 28.0. The molecule has 140 valence electrons. The van der Waals surface area contributed by atoms with Crippen molar-refractivity contribution in [1.29, 1.82) is 0 Å². The van der Waals surface area contributed by atoms with E-state index in [9.17, 15) is 0 Å². The van der Waals surface area contributed by atoms with Crippen LogP contribution in [0.5, 0.6) is 0 Å². The number of hydrogen-bond donors (Lipinski definition) is 0. The lowest BCUT2D eigenvalue weighted by molar-refractivity contribution is 0.0910. The van der Waals surface area contributed by atoms with E-state index < -0.39 is 0 Å². The highest BCUT2D eigenvalue weighted by Crippen LogP contribution is 2.24. The second-order valence-electron chi connectivity index (χ2n) is 8.53. The van der Waals surface area contributed by atoms with Crippen molar-refractivity contribution in [2.75, 3.05) is 65.4 Å². The van der Waals surface area contributed by atoms with E-state index in [4.69, 9.17) is 0 Å². The summed E-state index contributed by atoms with van der Waals surface area (Å²) >= 11 is 2.47. The fourth-order valence-corrected chi connectivity index (χ4v) is 5.07.